The molecule has 0 unspecified atom stereocenters. The first-order valence-electron chi connectivity index (χ1n) is 9.63. The Balaban J connectivity index is 1.74. The van der Waals surface area contributed by atoms with Gasteiger partial charge >= 0.3 is 0 Å². The van der Waals surface area contributed by atoms with Gasteiger partial charge in [0.15, 0.2) is 16.3 Å². The number of halogens is 3. The molecule has 0 aliphatic rings. The van der Waals surface area contributed by atoms with E-state index in [1.165, 1.54) is 11.3 Å². The summed E-state index contributed by atoms with van der Waals surface area (Å²) in [4.78, 5) is 6.73. The summed E-state index contributed by atoms with van der Waals surface area (Å²) < 4.78 is 13.7. The molecule has 0 N–H and O–H groups in total. The number of hydrogen-bond donors (Lipinski definition) is 0. The second-order valence-electron chi connectivity index (χ2n) is 6.81. The maximum atomic E-state index is 6.36. The van der Waals surface area contributed by atoms with Crippen molar-refractivity contribution in [3.05, 3.63) is 78.7 Å². The molecular weight excluding hydrogens is 507 g/mol. The number of aromatic nitrogens is 1. The third kappa shape index (κ3) is 5.16. The molecule has 0 aliphatic heterocycles. The van der Waals surface area contributed by atoms with Crippen LogP contribution in [0.5, 0.6) is 11.5 Å². The van der Waals surface area contributed by atoms with Gasteiger partial charge in [0, 0.05) is 16.9 Å². The summed E-state index contributed by atoms with van der Waals surface area (Å²) in [5, 5.41) is 3.23. The van der Waals surface area contributed by atoms with Gasteiger partial charge in [0.25, 0.3) is 0 Å². The standard InChI is InChI=1S/C23H19Cl3N2O2S2/c1-29-19-6-3-14(11-20(19)30-2)9-10-28-18(21-7-8-22(26)32-21)13-31-23(28)27-17-12-15(24)4-5-16(17)25/h3-8,11-13H,9-10H2,1-2H3. The van der Waals surface area contributed by atoms with E-state index in [-0.39, 0.29) is 0 Å². The van der Waals surface area contributed by atoms with Crippen molar-refractivity contribution in [1.82, 2.24) is 4.57 Å². The Kier molecular flexibility index (Phi) is 7.48. The van der Waals surface area contributed by atoms with Crippen LogP contribution in [0.15, 0.2) is 58.9 Å². The average Bonchev–Trinajstić information content (AvgIpc) is 3.40. The smallest absolute Gasteiger partial charge is 0.190 e. The molecule has 9 heteroatoms. The van der Waals surface area contributed by atoms with Crippen molar-refractivity contribution in [2.24, 2.45) is 4.99 Å². The molecule has 166 valence electrons. The third-order valence-corrected chi connectivity index (χ3v) is 7.49. The molecule has 0 atom stereocenters. The Morgan fingerprint density at radius 2 is 1.75 bits per heavy atom. The molecule has 0 amide bonds. The lowest BCUT2D eigenvalue weighted by molar-refractivity contribution is 0.354. The Morgan fingerprint density at radius 3 is 2.47 bits per heavy atom. The van der Waals surface area contributed by atoms with E-state index < -0.39 is 0 Å². The second-order valence-corrected chi connectivity index (χ2v) is 10.2. The van der Waals surface area contributed by atoms with Crippen molar-refractivity contribution in [3.8, 4) is 22.1 Å². The number of aryl methyl sites for hydroxylation is 1. The van der Waals surface area contributed by atoms with Crippen LogP contribution >= 0.6 is 57.5 Å². The number of methoxy groups -OCH3 is 2. The number of ether oxygens (including phenoxy) is 2. The zero-order valence-corrected chi connectivity index (χ0v) is 21.2. The highest BCUT2D eigenvalue weighted by atomic mass is 35.5. The van der Waals surface area contributed by atoms with Gasteiger partial charge in [-0.05, 0) is 54.4 Å². The molecule has 4 rings (SSSR count). The first-order valence-corrected chi connectivity index (χ1v) is 12.5. The molecule has 4 aromatic rings. The molecule has 0 fully saturated rings. The maximum absolute atomic E-state index is 6.36. The number of hydrogen-bond acceptors (Lipinski definition) is 5. The van der Waals surface area contributed by atoms with Crippen LogP contribution in [0, 0.1) is 0 Å². The van der Waals surface area contributed by atoms with Gasteiger partial charge in [-0.25, -0.2) is 4.99 Å². The molecular formula is C23H19Cl3N2O2S2. The summed E-state index contributed by atoms with van der Waals surface area (Å²) in [7, 11) is 3.27. The van der Waals surface area contributed by atoms with Gasteiger partial charge in [-0.2, -0.15) is 0 Å². The van der Waals surface area contributed by atoms with Crippen molar-refractivity contribution in [2.45, 2.75) is 13.0 Å². The van der Waals surface area contributed by atoms with E-state index in [4.69, 9.17) is 49.3 Å². The van der Waals surface area contributed by atoms with Gasteiger partial charge in [0.2, 0.25) is 0 Å². The molecule has 2 heterocycles. The van der Waals surface area contributed by atoms with E-state index in [2.05, 4.69) is 9.95 Å². The fraction of sp³-hybridized carbons (Fsp3) is 0.174. The minimum atomic E-state index is 0.551. The quantitative estimate of drug-likeness (QED) is 0.247. The number of thiophene rings is 1. The lowest BCUT2D eigenvalue weighted by Gasteiger charge is -2.11. The van der Waals surface area contributed by atoms with Gasteiger partial charge in [-0.15, -0.1) is 22.7 Å². The van der Waals surface area contributed by atoms with E-state index in [1.54, 1.807) is 43.8 Å². The maximum Gasteiger partial charge on any atom is 0.190 e. The molecule has 0 radical (unpaired) electrons. The minimum absolute atomic E-state index is 0.551. The first kappa shape index (κ1) is 23.2. The zero-order chi connectivity index (χ0) is 22.7. The normalized spacial score (nSPS) is 11.7. The predicted molar refractivity (Wildman–Crippen MR) is 136 cm³/mol. The van der Waals surface area contributed by atoms with Crippen LogP contribution in [0.25, 0.3) is 10.6 Å². The minimum Gasteiger partial charge on any atom is -0.493 e. The highest BCUT2D eigenvalue weighted by molar-refractivity contribution is 7.19. The number of benzene rings is 2. The van der Waals surface area contributed by atoms with Crippen LogP contribution < -0.4 is 14.3 Å². The fourth-order valence-corrected chi connectivity index (χ4v) is 5.64. The van der Waals surface area contributed by atoms with Gasteiger partial charge in [0.05, 0.1) is 39.8 Å². The number of thiazole rings is 1. The van der Waals surface area contributed by atoms with E-state index in [1.807, 2.05) is 30.3 Å². The fourth-order valence-electron chi connectivity index (χ4n) is 3.24. The largest absolute Gasteiger partial charge is 0.493 e. The molecule has 2 aromatic heterocycles. The lowest BCUT2D eigenvalue weighted by Crippen LogP contribution is -2.17. The Bertz CT molecular complexity index is 1310. The summed E-state index contributed by atoms with van der Waals surface area (Å²) in [5.74, 6) is 1.42. The summed E-state index contributed by atoms with van der Waals surface area (Å²) >= 11 is 21.8. The van der Waals surface area contributed by atoms with Crippen molar-refractivity contribution >= 4 is 63.2 Å². The van der Waals surface area contributed by atoms with E-state index in [9.17, 15) is 0 Å². The highest BCUT2D eigenvalue weighted by Gasteiger charge is 2.12. The SMILES string of the molecule is COc1ccc(CCn2c(-c3ccc(Cl)s3)csc2=Nc2cc(Cl)ccc2Cl)cc1OC. The topological polar surface area (TPSA) is 35.8 Å². The monoisotopic (exact) mass is 524 g/mol. The molecule has 32 heavy (non-hydrogen) atoms. The highest BCUT2D eigenvalue weighted by Crippen LogP contribution is 2.33. The van der Waals surface area contributed by atoms with Crippen LogP contribution in [0.4, 0.5) is 5.69 Å². The van der Waals surface area contributed by atoms with Crippen molar-refractivity contribution in [1.29, 1.82) is 0 Å². The van der Waals surface area contributed by atoms with E-state index in [0.29, 0.717) is 33.8 Å². The van der Waals surface area contributed by atoms with Crippen LogP contribution in [-0.4, -0.2) is 18.8 Å². The Hall–Kier alpha value is -1.96. The molecule has 0 aliphatic carbocycles. The molecule has 2 aromatic carbocycles. The summed E-state index contributed by atoms with van der Waals surface area (Å²) in [6.45, 7) is 0.709. The average molecular weight is 526 g/mol. The van der Waals surface area contributed by atoms with Crippen LogP contribution in [0.3, 0.4) is 0 Å². The molecule has 0 saturated carbocycles. The number of rotatable bonds is 7. The van der Waals surface area contributed by atoms with Crippen molar-refractivity contribution in [3.63, 3.8) is 0 Å². The van der Waals surface area contributed by atoms with Gasteiger partial charge in [0.1, 0.15) is 0 Å². The Morgan fingerprint density at radius 1 is 0.938 bits per heavy atom. The Labute approximate surface area is 209 Å². The van der Waals surface area contributed by atoms with Crippen LogP contribution in [0.1, 0.15) is 5.56 Å². The predicted octanol–water partition coefficient (Wildman–Crippen LogP) is 7.73. The molecule has 4 nitrogen and oxygen atoms in total. The van der Waals surface area contributed by atoms with Crippen LogP contribution in [0.2, 0.25) is 14.4 Å². The lowest BCUT2D eigenvalue weighted by atomic mass is 10.1. The zero-order valence-electron chi connectivity index (χ0n) is 17.3. The molecule has 0 bridgehead atoms. The van der Waals surface area contributed by atoms with Crippen LogP contribution in [-0.2, 0) is 13.0 Å². The molecule has 0 spiro atoms. The van der Waals surface area contributed by atoms with Gasteiger partial charge < -0.3 is 14.0 Å². The van der Waals surface area contributed by atoms with Crippen molar-refractivity contribution < 1.29 is 9.47 Å². The van der Waals surface area contributed by atoms with E-state index in [0.717, 1.165) is 31.7 Å². The van der Waals surface area contributed by atoms with E-state index >= 15 is 0 Å². The second kappa shape index (κ2) is 10.3. The van der Waals surface area contributed by atoms with Gasteiger partial charge in [-0.1, -0.05) is 40.9 Å². The van der Waals surface area contributed by atoms with Gasteiger partial charge in [-0.3, -0.25) is 0 Å². The first-order chi connectivity index (χ1) is 15.5. The third-order valence-electron chi connectivity index (χ3n) is 4.82. The summed E-state index contributed by atoms with van der Waals surface area (Å²) in [6.07, 6.45) is 0.777. The van der Waals surface area contributed by atoms with Crippen molar-refractivity contribution in [2.75, 3.05) is 14.2 Å². The summed E-state index contributed by atoms with van der Waals surface area (Å²) in [6, 6.07) is 15.2. The number of nitrogens with zero attached hydrogens (tertiary/aromatic N) is 2. The summed E-state index contributed by atoms with van der Waals surface area (Å²) in [5.41, 5.74) is 2.82. The molecule has 0 saturated heterocycles.